The van der Waals surface area contributed by atoms with Crippen LogP contribution >= 0.6 is 0 Å². The van der Waals surface area contributed by atoms with Crippen molar-refractivity contribution in [1.82, 2.24) is 4.31 Å². The molecule has 0 aromatic heterocycles. The summed E-state index contributed by atoms with van der Waals surface area (Å²) in [6.07, 6.45) is 6.96. The summed E-state index contributed by atoms with van der Waals surface area (Å²) in [4.78, 5) is 11.4. The Morgan fingerprint density at radius 1 is 1.19 bits per heavy atom. The van der Waals surface area contributed by atoms with E-state index in [9.17, 15) is 18.3 Å². The van der Waals surface area contributed by atoms with Gasteiger partial charge in [0.25, 0.3) is 0 Å². The molecule has 5 nitrogen and oxygen atoms in total. The van der Waals surface area contributed by atoms with E-state index in [0.717, 1.165) is 25.7 Å². The highest BCUT2D eigenvalue weighted by Gasteiger charge is 2.42. The highest BCUT2D eigenvalue weighted by Crippen LogP contribution is 2.36. The molecule has 122 valence electrons. The van der Waals surface area contributed by atoms with Gasteiger partial charge in [0, 0.05) is 13.1 Å². The zero-order valence-corrected chi connectivity index (χ0v) is 13.7. The summed E-state index contributed by atoms with van der Waals surface area (Å²) >= 11 is 0. The molecule has 2 rings (SSSR count). The highest BCUT2D eigenvalue weighted by atomic mass is 32.2. The van der Waals surface area contributed by atoms with Gasteiger partial charge >= 0.3 is 5.97 Å². The SMILES string of the molecule is CCC1(C(=O)O)CCN(S(=O)(=O)CC2CCCCC2)CC1. The van der Waals surface area contributed by atoms with E-state index in [4.69, 9.17) is 0 Å². The molecule has 0 aromatic rings. The van der Waals surface area contributed by atoms with Gasteiger partial charge in [0.05, 0.1) is 11.2 Å². The predicted molar refractivity (Wildman–Crippen MR) is 81.5 cm³/mol. The Morgan fingerprint density at radius 3 is 2.24 bits per heavy atom. The fourth-order valence-corrected chi connectivity index (χ4v) is 5.55. The lowest BCUT2D eigenvalue weighted by molar-refractivity contribution is -0.151. The van der Waals surface area contributed by atoms with E-state index in [1.165, 1.54) is 10.7 Å². The van der Waals surface area contributed by atoms with E-state index < -0.39 is 21.4 Å². The van der Waals surface area contributed by atoms with Crippen LogP contribution in [0.2, 0.25) is 0 Å². The van der Waals surface area contributed by atoms with Crippen LogP contribution < -0.4 is 0 Å². The lowest BCUT2D eigenvalue weighted by Gasteiger charge is -2.38. The normalized spacial score (nSPS) is 24.8. The van der Waals surface area contributed by atoms with Gasteiger partial charge in [-0.25, -0.2) is 12.7 Å². The number of carboxylic acids is 1. The van der Waals surface area contributed by atoms with Crippen LogP contribution in [-0.2, 0) is 14.8 Å². The number of carbonyl (C=O) groups is 1. The number of nitrogens with zero attached hydrogens (tertiary/aromatic N) is 1. The molecule has 0 unspecified atom stereocenters. The standard InChI is InChI=1S/C15H27NO4S/c1-2-15(14(17)18)8-10-16(11-9-15)21(19,20)12-13-6-4-3-5-7-13/h13H,2-12H2,1H3,(H,17,18). The molecule has 1 heterocycles. The molecule has 1 saturated heterocycles. The molecule has 1 N–H and O–H groups in total. The fourth-order valence-electron chi connectivity index (χ4n) is 3.67. The molecule has 2 aliphatic rings. The summed E-state index contributed by atoms with van der Waals surface area (Å²) in [5.74, 6) is -0.241. The summed E-state index contributed by atoms with van der Waals surface area (Å²) in [6, 6.07) is 0. The van der Waals surface area contributed by atoms with Crippen molar-refractivity contribution in [3.8, 4) is 0 Å². The average molecular weight is 317 g/mol. The predicted octanol–water partition coefficient (Wildman–Crippen LogP) is 2.47. The first-order chi connectivity index (χ1) is 9.89. The molecule has 6 heteroatoms. The third kappa shape index (κ3) is 3.77. The molecule has 2 fully saturated rings. The molecule has 0 spiro atoms. The summed E-state index contributed by atoms with van der Waals surface area (Å²) in [6.45, 7) is 2.59. The second-order valence-corrected chi connectivity index (χ2v) is 8.63. The second-order valence-electron chi connectivity index (χ2n) is 6.62. The van der Waals surface area contributed by atoms with Crippen LogP contribution in [0.25, 0.3) is 0 Å². The molecule has 0 amide bonds. The van der Waals surface area contributed by atoms with Gasteiger partial charge < -0.3 is 5.11 Å². The summed E-state index contributed by atoms with van der Waals surface area (Å²) in [7, 11) is -3.23. The maximum Gasteiger partial charge on any atom is 0.309 e. The topological polar surface area (TPSA) is 74.7 Å². The largest absolute Gasteiger partial charge is 0.481 e. The third-order valence-corrected chi connectivity index (χ3v) is 7.42. The number of aliphatic carboxylic acids is 1. The maximum atomic E-state index is 12.5. The van der Waals surface area contributed by atoms with Crippen LogP contribution in [0.4, 0.5) is 0 Å². The van der Waals surface area contributed by atoms with E-state index in [2.05, 4.69) is 0 Å². The number of sulfonamides is 1. The van der Waals surface area contributed by atoms with Crippen LogP contribution in [0.1, 0.15) is 58.3 Å². The summed E-state index contributed by atoms with van der Waals surface area (Å²) in [5, 5.41) is 9.37. The zero-order valence-electron chi connectivity index (χ0n) is 12.9. The quantitative estimate of drug-likeness (QED) is 0.845. The smallest absolute Gasteiger partial charge is 0.309 e. The van der Waals surface area contributed by atoms with Gasteiger partial charge in [-0.15, -0.1) is 0 Å². The van der Waals surface area contributed by atoms with Crippen LogP contribution in [0, 0.1) is 11.3 Å². The minimum atomic E-state index is -3.23. The lowest BCUT2D eigenvalue weighted by atomic mass is 9.77. The first kappa shape index (κ1) is 16.7. The molecule has 0 radical (unpaired) electrons. The first-order valence-corrected chi connectivity index (χ1v) is 9.72. The number of rotatable bonds is 5. The van der Waals surface area contributed by atoms with Crippen LogP contribution in [0.15, 0.2) is 0 Å². The molecule has 21 heavy (non-hydrogen) atoms. The molecule has 1 aliphatic carbocycles. The van der Waals surface area contributed by atoms with Crippen molar-refractivity contribution >= 4 is 16.0 Å². The molecular formula is C15H27NO4S. The Hall–Kier alpha value is -0.620. The van der Waals surface area contributed by atoms with Crippen molar-refractivity contribution in [2.24, 2.45) is 11.3 Å². The van der Waals surface area contributed by atoms with Crippen LogP contribution in [0.5, 0.6) is 0 Å². The van der Waals surface area contributed by atoms with Crippen LogP contribution in [0.3, 0.4) is 0 Å². The molecular weight excluding hydrogens is 290 g/mol. The van der Waals surface area contributed by atoms with Crippen molar-refractivity contribution in [1.29, 1.82) is 0 Å². The second kappa shape index (κ2) is 6.65. The minimum absolute atomic E-state index is 0.249. The van der Waals surface area contributed by atoms with E-state index in [-0.39, 0.29) is 5.75 Å². The van der Waals surface area contributed by atoms with Gasteiger partial charge in [0.2, 0.25) is 10.0 Å². The van der Waals surface area contributed by atoms with E-state index in [1.807, 2.05) is 6.92 Å². The fraction of sp³-hybridized carbons (Fsp3) is 0.933. The molecule has 1 aliphatic heterocycles. The van der Waals surface area contributed by atoms with Gasteiger partial charge in [0.15, 0.2) is 0 Å². The summed E-state index contributed by atoms with van der Waals surface area (Å²) < 4.78 is 26.5. The zero-order chi connectivity index (χ0) is 15.5. The Balaban J connectivity index is 1.95. The van der Waals surface area contributed by atoms with Crippen molar-refractivity contribution in [3.63, 3.8) is 0 Å². The number of hydrogen-bond donors (Lipinski definition) is 1. The van der Waals surface area contributed by atoms with Crippen LogP contribution in [-0.4, -0.2) is 42.6 Å². The average Bonchev–Trinajstić information content (AvgIpc) is 2.47. The molecule has 0 aromatic carbocycles. The monoisotopic (exact) mass is 317 g/mol. The number of hydrogen-bond acceptors (Lipinski definition) is 3. The Morgan fingerprint density at radius 2 is 1.76 bits per heavy atom. The van der Waals surface area contributed by atoms with Crippen molar-refractivity contribution in [2.75, 3.05) is 18.8 Å². The van der Waals surface area contributed by atoms with Crippen molar-refractivity contribution < 1.29 is 18.3 Å². The van der Waals surface area contributed by atoms with Gasteiger partial charge in [-0.2, -0.15) is 0 Å². The maximum absolute atomic E-state index is 12.5. The number of carboxylic acid groups (broad SMARTS) is 1. The molecule has 1 saturated carbocycles. The Kier molecular flexibility index (Phi) is 5.30. The van der Waals surface area contributed by atoms with Gasteiger partial charge in [-0.05, 0) is 38.0 Å². The summed E-state index contributed by atoms with van der Waals surface area (Å²) in [5.41, 5.74) is -0.725. The van der Waals surface area contributed by atoms with E-state index in [1.54, 1.807) is 0 Å². The third-order valence-electron chi connectivity index (χ3n) is 5.37. The minimum Gasteiger partial charge on any atom is -0.481 e. The Labute approximate surface area is 127 Å². The molecule has 0 atom stereocenters. The van der Waals surface area contributed by atoms with E-state index >= 15 is 0 Å². The first-order valence-electron chi connectivity index (χ1n) is 8.11. The van der Waals surface area contributed by atoms with Gasteiger partial charge in [-0.1, -0.05) is 26.2 Å². The van der Waals surface area contributed by atoms with Gasteiger partial charge in [-0.3, -0.25) is 4.79 Å². The van der Waals surface area contributed by atoms with Crippen molar-refractivity contribution in [3.05, 3.63) is 0 Å². The number of piperidine rings is 1. The Bertz CT molecular complexity index is 460. The van der Waals surface area contributed by atoms with E-state index in [0.29, 0.717) is 38.3 Å². The van der Waals surface area contributed by atoms with Gasteiger partial charge in [0.1, 0.15) is 0 Å². The lowest BCUT2D eigenvalue weighted by Crippen LogP contribution is -2.47. The molecule has 0 bridgehead atoms. The van der Waals surface area contributed by atoms with Crippen molar-refractivity contribution in [2.45, 2.75) is 58.3 Å². The highest BCUT2D eigenvalue weighted by molar-refractivity contribution is 7.89.